The molecule has 0 saturated carbocycles. The van der Waals surface area contributed by atoms with Gasteiger partial charge >= 0.3 is 5.97 Å². The average molecular weight is 290 g/mol. The maximum absolute atomic E-state index is 11.6. The number of rotatable bonds is 4. The fraction of sp³-hybridized carbons (Fsp3) is 0.588. The van der Waals surface area contributed by atoms with Crippen LogP contribution in [-0.4, -0.2) is 49.2 Å². The van der Waals surface area contributed by atoms with E-state index in [4.69, 9.17) is 0 Å². The molecule has 4 nitrogen and oxygen atoms in total. The van der Waals surface area contributed by atoms with Crippen molar-refractivity contribution in [3.05, 3.63) is 29.8 Å². The molecule has 2 rings (SSSR count). The number of carboxylic acids is 1. The summed E-state index contributed by atoms with van der Waals surface area (Å²) in [6, 6.07) is 8.37. The number of carbonyl (C=O) groups is 1. The van der Waals surface area contributed by atoms with Gasteiger partial charge in [0.05, 0.1) is 5.41 Å². The largest absolute Gasteiger partial charge is 0.481 e. The van der Waals surface area contributed by atoms with Gasteiger partial charge in [0, 0.05) is 18.8 Å². The molecule has 1 saturated heterocycles. The molecule has 21 heavy (non-hydrogen) atoms. The summed E-state index contributed by atoms with van der Waals surface area (Å²) in [6.07, 6.45) is 2.24. The zero-order valence-electron chi connectivity index (χ0n) is 13.5. The summed E-state index contributed by atoms with van der Waals surface area (Å²) in [6.45, 7) is 5.74. The first kappa shape index (κ1) is 15.8. The number of benzene rings is 1. The molecule has 0 spiro atoms. The third-order valence-corrected chi connectivity index (χ3v) is 4.73. The molecule has 0 bridgehead atoms. The molecule has 0 unspecified atom stereocenters. The van der Waals surface area contributed by atoms with Gasteiger partial charge in [-0.05, 0) is 58.5 Å². The fourth-order valence-corrected chi connectivity index (χ4v) is 3.00. The Morgan fingerprint density at radius 1 is 1.29 bits per heavy atom. The minimum Gasteiger partial charge on any atom is -0.481 e. The van der Waals surface area contributed by atoms with Crippen molar-refractivity contribution >= 4 is 11.7 Å². The van der Waals surface area contributed by atoms with E-state index in [9.17, 15) is 9.90 Å². The van der Waals surface area contributed by atoms with E-state index in [1.165, 1.54) is 0 Å². The Bertz CT molecular complexity index is 505. The third-order valence-electron chi connectivity index (χ3n) is 4.73. The number of anilines is 1. The lowest BCUT2D eigenvalue weighted by Gasteiger charge is -2.38. The van der Waals surface area contributed by atoms with E-state index < -0.39 is 11.4 Å². The molecule has 4 heteroatoms. The van der Waals surface area contributed by atoms with E-state index in [1.807, 2.05) is 24.3 Å². The van der Waals surface area contributed by atoms with Gasteiger partial charge in [0.1, 0.15) is 0 Å². The molecule has 0 amide bonds. The van der Waals surface area contributed by atoms with Crippen molar-refractivity contribution in [3.63, 3.8) is 0 Å². The van der Waals surface area contributed by atoms with E-state index in [1.54, 1.807) is 13.8 Å². The molecule has 1 aliphatic heterocycles. The summed E-state index contributed by atoms with van der Waals surface area (Å²) in [5.74, 6) is -0.785. The van der Waals surface area contributed by atoms with Gasteiger partial charge in [0.25, 0.3) is 0 Å². The number of hydrogen-bond donors (Lipinski definition) is 1. The van der Waals surface area contributed by atoms with Crippen LogP contribution in [0, 0.1) is 0 Å². The lowest BCUT2D eigenvalue weighted by molar-refractivity contribution is -0.142. The first-order chi connectivity index (χ1) is 9.84. The maximum atomic E-state index is 11.6. The van der Waals surface area contributed by atoms with E-state index >= 15 is 0 Å². The van der Waals surface area contributed by atoms with Crippen LogP contribution in [0.2, 0.25) is 0 Å². The van der Waals surface area contributed by atoms with Crippen LogP contribution in [0.15, 0.2) is 24.3 Å². The minimum atomic E-state index is -0.879. The standard InChI is InChI=1S/C17H26N2O2/c1-17(2,16(20)21)14-7-5-6-8-15(14)19(4)13-9-11-18(3)12-10-13/h5-8,13H,9-12H2,1-4H3,(H,20,21). The van der Waals surface area contributed by atoms with Crippen molar-refractivity contribution in [1.29, 1.82) is 0 Å². The van der Waals surface area contributed by atoms with Crippen LogP contribution in [0.3, 0.4) is 0 Å². The predicted molar refractivity (Wildman–Crippen MR) is 86.0 cm³/mol. The zero-order chi connectivity index (χ0) is 15.6. The molecular formula is C17H26N2O2. The van der Waals surface area contributed by atoms with Crippen LogP contribution < -0.4 is 4.90 Å². The third kappa shape index (κ3) is 3.21. The van der Waals surface area contributed by atoms with Crippen molar-refractivity contribution in [2.24, 2.45) is 0 Å². The normalized spacial score (nSPS) is 17.7. The lowest BCUT2D eigenvalue weighted by atomic mass is 9.83. The summed E-state index contributed by atoms with van der Waals surface area (Å²) >= 11 is 0. The number of piperidine rings is 1. The second-order valence-corrected chi connectivity index (χ2v) is 6.59. The Hall–Kier alpha value is -1.55. The number of carboxylic acid groups (broad SMARTS) is 1. The molecular weight excluding hydrogens is 264 g/mol. The Morgan fingerprint density at radius 3 is 2.43 bits per heavy atom. The molecule has 1 aromatic rings. The van der Waals surface area contributed by atoms with Crippen molar-refractivity contribution in [2.45, 2.75) is 38.1 Å². The average Bonchev–Trinajstić information content (AvgIpc) is 2.47. The van der Waals surface area contributed by atoms with E-state index in [0.717, 1.165) is 37.2 Å². The SMILES string of the molecule is CN1CCC(N(C)c2ccccc2C(C)(C)C(=O)O)CC1. The second-order valence-electron chi connectivity index (χ2n) is 6.59. The summed E-state index contributed by atoms with van der Waals surface area (Å²) < 4.78 is 0. The monoisotopic (exact) mass is 290 g/mol. The van der Waals surface area contributed by atoms with Gasteiger partial charge in [0.15, 0.2) is 0 Å². The molecule has 1 aromatic carbocycles. The molecule has 1 heterocycles. The summed E-state index contributed by atoms with van der Waals surface area (Å²) in [5.41, 5.74) is 1.05. The summed E-state index contributed by atoms with van der Waals surface area (Å²) in [4.78, 5) is 16.2. The van der Waals surface area contributed by atoms with E-state index in [0.29, 0.717) is 6.04 Å². The number of nitrogens with zero attached hydrogens (tertiary/aromatic N) is 2. The molecule has 116 valence electrons. The summed E-state index contributed by atoms with van der Waals surface area (Å²) in [7, 11) is 4.24. The second kappa shape index (κ2) is 6.06. The highest BCUT2D eigenvalue weighted by Crippen LogP contribution is 2.34. The molecule has 0 radical (unpaired) electrons. The Balaban J connectivity index is 2.29. The highest BCUT2D eigenvalue weighted by atomic mass is 16.4. The molecule has 0 aromatic heterocycles. The molecule has 1 aliphatic rings. The molecule has 0 aliphatic carbocycles. The zero-order valence-corrected chi connectivity index (χ0v) is 13.5. The topological polar surface area (TPSA) is 43.8 Å². The fourth-order valence-electron chi connectivity index (χ4n) is 3.00. The van der Waals surface area contributed by atoms with Gasteiger partial charge in [-0.25, -0.2) is 0 Å². The van der Waals surface area contributed by atoms with E-state index in [2.05, 4.69) is 23.9 Å². The van der Waals surface area contributed by atoms with Gasteiger partial charge in [-0.1, -0.05) is 18.2 Å². The molecule has 1 N–H and O–H groups in total. The number of hydrogen-bond acceptors (Lipinski definition) is 3. The first-order valence-electron chi connectivity index (χ1n) is 7.58. The molecule has 0 atom stereocenters. The number of aliphatic carboxylic acids is 1. The smallest absolute Gasteiger partial charge is 0.313 e. The summed E-state index contributed by atoms with van der Waals surface area (Å²) in [5, 5.41) is 9.52. The van der Waals surface area contributed by atoms with Crippen LogP contribution in [-0.2, 0) is 10.2 Å². The van der Waals surface area contributed by atoms with Gasteiger partial charge in [0.2, 0.25) is 0 Å². The lowest BCUT2D eigenvalue weighted by Crippen LogP contribution is -2.43. The van der Waals surface area contributed by atoms with Crippen LogP contribution in [0.1, 0.15) is 32.3 Å². The minimum absolute atomic E-state index is 0.479. The Morgan fingerprint density at radius 2 is 1.86 bits per heavy atom. The van der Waals surface area contributed by atoms with E-state index in [-0.39, 0.29) is 0 Å². The number of likely N-dealkylation sites (tertiary alicyclic amines) is 1. The Kier molecular flexibility index (Phi) is 4.57. The maximum Gasteiger partial charge on any atom is 0.313 e. The van der Waals surface area contributed by atoms with Gasteiger partial charge in [-0.15, -0.1) is 0 Å². The molecule has 1 fully saturated rings. The van der Waals surface area contributed by atoms with Crippen molar-refractivity contribution in [3.8, 4) is 0 Å². The van der Waals surface area contributed by atoms with Crippen LogP contribution >= 0.6 is 0 Å². The van der Waals surface area contributed by atoms with Crippen molar-refractivity contribution in [2.75, 3.05) is 32.1 Å². The van der Waals surface area contributed by atoms with Gasteiger partial charge in [-0.3, -0.25) is 4.79 Å². The predicted octanol–water partition coefficient (Wildman–Crippen LogP) is 2.58. The van der Waals surface area contributed by atoms with Gasteiger partial charge < -0.3 is 14.9 Å². The highest BCUT2D eigenvalue weighted by molar-refractivity contribution is 5.83. The Labute approximate surface area is 127 Å². The van der Waals surface area contributed by atoms with Crippen LogP contribution in [0.25, 0.3) is 0 Å². The van der Waals surface area contributed by atoms with Crippen molar-refractivity contribution in [1.82, 2.24) is 4.90 Å². The van der Waals surface area contributed by atoms with Crippen LogP contribution in [0.4, 0.5) is 5.69 Å². The van der Waals surface area contributed by atoms with Gasteiger partial charge in [-0.2, -0.15) is 0 Å². The highest BCUT2D eigenvalue weighted by Gasteiger charge is 2.33. The van der Waals surface area contributed by atoms with Crippen molar-refractivity contribution < 1.29 is 9.90 Å². The van der Waals surface area contributed by atoms with Crippen LogP contribution in [0.5, 0.6) is 0 Å². The number of para-hydroxylation sites is 1. The quantitative estimate of drug-likeness (QED) is 0.925. The first-order valence-corrected chi connectivity index (χ1v) is 7.58.